The second-order valence-corrected chi connectivity index (χ2v) is 3.82. The van der Waals surface area contributed by atoms with Gasteiger partial charge in [0.1, 0.15) is 5.82 Å². The third-order valence-electron chi connectivity index (χ3n) is 1.99. The lowest BCUT2D eigenvalue weighted by Crippen LogP contribution is -1.99. The average molecular weight is 284 g/mol. The lowest BCUT2D eigenvalue weighted by atomic mass is 10.0. The number of carbonyl (C=O) groups excluding carboxylic acids is 1. The summed E-state index contributed by atoms with van der Waals surface area (Å²) < 4.78 is 14.0. The smallest absolute Gasteiger partial charge is 0.249 e. The molecule has 82 valence electrons. The average Bonchev–Trinajstić information content (AvgIpc) is 2.26. The van der Waals surface area contributed by atoms with Crippen molar-refractivity contribution in [2.75, 3.05) is 0 Å². The van der Waals surface area contributed by atoms with Crippen LogP contribution in [0.2, 0.25) is 0 Å². The Morgan fingerprint density at radius 1 is 1.62 bits per heavy atom. The third kappa shape index (κ3) is 2.29. The van der Waals surface area contributed by atoms with Crippen LogP contribution < -0.4 is 0 Å². The van der Waals surface area contributed by atoms with Crippen molar-refractivity contribution in [3.63, 3.8) is 0 Å². The van der Waals surface area contributed by atoms with Crippen molar-refractivity contribution in [1.29, 1.82) is 0 Å². The molecule has 0 heterocycles. The van der Waals surface area contributed by atoms with Crippen LogP contribution in [0.5, 0.6) is 0 Å². The Bertz CT molecular complexity index is 521. The summed E-state index contributed by atoms with van der Waals surface area (Å²) in [6, 6.07) is 3.06. The first kappa shape index (κ1) is 12.4. The number of hydrogen-bond donors (Lipinski definition) is 0. The number of aryl methyl sites for hydroxylation is 1. The fraction of sp³-hybridized carbons (Fsp3) is 0.100. The molecule has 0 unspecified atom stereocenters. The predicted octanol–water partition coefficient (Wildman–Crippen LogP) is 3.75. The maximum atomic E-state index is 13.7. The van der Waals surface area contributed by atoms with E-state index in [-0.39, 0.29) is 15.6 Å². The minimum absolute atomic E-state index is 0.0230. The molecule has 0 aliphatic carbocycles. The van der Waals surface area contributed by atoms with Gasteiger partial charge in [-0.2, -0.15) is 0 Å². The monoisotopic (exact) mass is 283 g/mol. The zero-order valence-corrected chi connectivity index (χ0v) is 9.95. The molecule has 0 saturated carbocycles. The number of nitrogens with zero attached hydrogens (tertiary/aromatic N) is 3. The second kappa shape index (κ2) is 4.92. The van der Waals surface area contributed by atoms with Gasteiger partial charge >= 0.3 is 0 Å². The summed E-state index contributed by atoms with van der Waals surface area (Å²) in [6.07, 6.45) is 0. The van der Waals surface area contributed by atoms with Crippen LogP contribution in [-0.2, 0) is 4.79 Å². The van der Waals surface area contributed by atoms with Crippen LogP contribution in [0.4, 0.5) is 4.39 Å². The number of azide groups is 1. The van der Waals surface area contributed by atoms with E-state index in [4.69, 9.17) is 5.53 Å². The largest absolute Gasteiger partial charge is 0.287 e. The fourth-order valence-electron chi connectivity index (χ4n) is 1.10. The van der Waals surface area contributed by atoms with Crippen molar-refractivity contribution >= 4 is 27.4 Å². The van der Waals surface area contributed by atoms with E-state index in [1.165, 1.54) is 6.07 Å². The highest BCUT2D eigenvalue weighted by molar-refractivity contribution is 9.10. The topological polar surface area (TPSA) is 65.8 Å². The molecule has 0 bridgehead atoms. The van der Waals surface area contributed by atoms with Crippen LogP contribution >= 0.6 is 15.9 Å². The summed E-state index contributed by atoms with van der Waals surface area (Å²) in [5.74, 6) is -1.48. The molecule has 1 amide bonds. The first-order chi connectivity index (χ1) is 7.49. The van der Waals surface area contributed by atoms with E-state index in [1.54, 1.807) is 13.0 Å². The van der Waals surface area contributed by atoms with Gasteiger partial charge in [-0.05, 0) is 39.1 Å². The molecule has 0 aromatic heterocycles. The van der Waals surface area contributed by atoms with Gasteiger partial charge in [0.15, 0.2) is 0 Å². The van der Waals surface area contributed by atoms with Gasteiger partial charge in [0.25, 0.3) is 0 Å². The molecule has 6 heteroatoms. The van der Waals surface area contributed by atoms with Crippen molar-refractivity contribution in [1.82, 2.24) is 0 Å². The van der Waals surface area contributed by atoms with Crippen LogP contribution in [0.3, 0.4) is 0 Å². The highest BCUT2D eigenvalue weighted by Gasteiger charge is 2.15. The van der Waals surface area contributed by atoms with Gasteiger partial charge in [0.2, 0.25) is 5.91 Å². The van der Waals surface area contributed by atoms with Crippen molar-refractivity contribution in [3.05, 3.63) is 50.6 Å². The van der Waals surface area contributed by atoms with E-state index in [2.05, 4.69) is 32.5 Å². The predicted molar refractivity (Wildman–Crippen MR) is 62.0 cm³/mol. The van der Waals surface area contributed by atoms with E-state index in [9.17, 15) is 9.18 Å². The first-order valence-electron chi connectivity index (χ1n) is 4.22. The highest BCUT2D eigenvalue weighted by atomic mass is 79.9. The summed E-state index contributed by atoms with van der Waals surface area (Å²) in [7, 11) is 0. The minimum atomic E-state index is -0.892. The minimum Gasteiger partial charge on any atom is -0.287 e. The van der Waals surface area contributed by atoms with E-state index in [1.807, 2.05) is 0 Å². The maximum Gasteiger partial charge on any atom is 0.249 e. The number of amides is 1. The van der Waals surface area contributed by atoms with Crippen molar-refractivity contribution in [2.24, 2.45) is 5.11 Å². The molecule has 0 atom stereocenters. The Morgan fingerprint density at radius 3 is 2.81 bits per heavy atom. The summed E-state index contributed by atoms with van der Waals surface area (Å²) in [4.78, 5) is 13.5. The number of carbonyl (C=O) groups is 1. The number of rotatable bonds is 2. The second-order valence-electron chi connectivity index (χ2n) is 3.03. The third-order valence-corrected chi connectivity index (χ3v) is 2.97. The molecule has 1 aromatic carbocycles. The normalized spacial score (nSPS) is 9.44. The highest BCUT2D eigenvalue weighted by Crippen LogP contribution is 2.27. The van der Waals surface area contributed by atoms with E-state index in [0.29, 0.717) is 5.56 Å². The molecule has 1 rings (SSSR count). The molecular formula is C10H7BrFN3O. The zero-order valence-electron chi connectivity index (χ0n) is 8.37. The van der Waals surface area contributed by atoms with Gasteiger partial charge in [-0.3, -0.25) is 4.79 Å². The number of hydrogen-bond acceptors (Lipinski definition) is 1. The lowest BCUT2D eigenvalue weighted by Gasteiger charge is -2.06. The van der Waals surface area contributed by atoms with Crippen LogP contribution in [0.25, 0.3) is 16.0 Å². The molecule has 0 aliphatic rings. The summed E-state index contributed by atoms with van der Waals surface area (Å²) in [5.41, 5.74) is 8.65. The molecule has 0 N–H and O–H groups in total. The Kier molecular flexibility index (Phi) is 3.82. The summed E-state index contributed by atoms with van der Waals surface area (Å²) >= 11 is 3.06. The number of halogens is 2. The Hall–Kier alpha value is -1.65. The summed E-state index contributed by atoms with van der Waals surface area (Å²) in [5, 5.41) is 2.85. The van der Waals surface area contributed by atoms with Gasteiger partial charge in [0, 0.05) is 16.0 Å². The van der Waals surface area contributed by atoms with E-state index in [0.717, 1.165) is 0 Å². The zero-order chi connectivity index (χ0) is 12.3. The van der Waals surface area contributed by atoms with Crippen LogP contribution in [-0.4, -0.2) is 5.91 Å². The molecule has 0 spiro atoms. The first-order valence-corrected chi connectivity index (χ1v) is 5.01. The quantitative estimate of drug-likeness (QED) is 0.353. The fourth-order valence-corrected chi connectivity index (χ4v) is 1.44. The van der Waals surface area contributed by atoms with Crippen molar-refractivity contribution in [3.8, 4) is 0 Å². The molecule has 0 fully saturated rings. The van der Waals surface area contributed by atoms with Gasteiger partial charge in [-0.1, -0.05) is 18.7 Å². The molecule has 1 aromatic rings. The van der Waals surface area contributed by atoms with Crippen molar-refractivity contribution < 1.29 is 9.18 Å². The number of benzene rings is 1. The van der Waals surface area contributed by atoms with Crippen LogP contribution in [0.1, 0.15) is 11.1 Å². The SMILES string of the molecule is C=C(C(=O)N=[N+]=[N-])c1ccc(C)c(Br)c1F. The Labute approximate surface area is 99.5 Å². The van der Waals surface area contributed by atoms with Crippen LogP contribution in [0.15, 0.2) is 28.3 Å². The van der Waals surface area contributed by atoms with Crippen molar-refractivity contribution in [2.45, 2.75) is 6.92 Å². The molecule has 0 aliphatic heterocycles. The maximum absolute atomic E-state index is 13.7. The van der Waals surface area contributed by atoms with E-state index < -0.39 is 11.7 Å². The van der Waals surface area contributed by atoms with Gasteiger partial charge in [-0.25, -0.2) is 4.39 Å². The van der Waals surface area contributed by atoms with Crippen LogP contribution in [0, 0.1) is 12.7 Å². The Balaban J connectivity index is 3.25. The molecular weight excluding hydrogens is 277 g/mol. The van der Waals surface area contributed by atoms with E-state index >= 15 is 0 Å². The molecule has 0 saturated heterocycles. The van der Waals surface area contributed by atoms with Gasteiger partial charge in [0.05, 0.1) is 4.47 Å². The molecule has 4 nitrogen and oxygen atoms in total. The van der Waals surface area contributed by atoms with Gasteiger partial charge in [-0.15, -0.1) is 0 Å². The lowest BCUT2D eigenvalue weighted by molar-refractivity contribution is -0.112. The Morgan fingerprint density at radius 2 is 2.25 bits per heavy atom. The molecule has 16 heavy (non-hydrogen) atoms. The summed E-state index contributed by atoms with van der Waals surface area (Å²) in [6.45, 7) is 5.12. The molecule has 0 radical (unpaired) electrons. The standard InChI is InChI=1S/C10H7BrFN3O/c1-5-3-4-7(9(12)8(5)11)6(2)10(16)14-15-13/h3-4H,2H2,1H3. The van der Waals surface area contributed by atoms with Gasteiger partial charge < -0.3 is 0 Å².